The number of nitro benzene ring substituents is 1. The molecule has 0 saturated heterocycles. The second-order valence-electron chi connectivity index (χ2n) is 6.46. The van der Waals surface area contributed by atoms with E-state index in [1.165, 1.54) is 41.3 Å². The number of carbonyl (C=O) groups is 2. The predicted octanol–water partition coefficient (Wildman–Crippen LogP) is 5.34. The number of thiophene rings is 1. The van der Waals surface area contributed by atoms with Crippen LogP contribution in [0.5, 0.6) is 0 Å². The Hall–Kier alpha value is -3.17. The van der Waals surface area contributed by atoms with Crippen molar-refractivity contribution in [3.8, 4) is 0 Å². The van der Waals surface area contributed by atoms with E-state index in [2.05, 4.69) is 10.6 Å². The van der Waals surface area contributed by atoms with Gasteiger partial charge < -0.3 is 10.6 Å². The van der Waals surface area contributed by atoms with Crippen molar-refractivity contribution in [3.63, 3.8) is 0 Å². The maximum absolute atomic E-state index is 12.6. The van der Waals surface area contributed by atoms with Gasteiger partial charge in [0.05, 0.1) is 15.1 Å². The molecule has 2 amide bonds. The Balaban J connectivity index is 1.62. The van der Waals surface area contributed by atoms with Crippen molar-refractivity contribution in [3.05, 3.63) is 80.5 Å². The van der Waals surface area contributed by atoms with Gasteiger partial charge in [-0.05, 0) is 55.1 Å². The first kappa shape index (κ1) is 21.5. The number of carbonyl (C=O) groups excluding carboxylic acids is 2. The zero-order valence-corrected chi connectivity index (χ0v) is 17.9. The number of non-ortho nitro benzene ring substituents is 1. The molecule has 1 unspecified atom stereocenters. The van der Waals surface area contributed by atoms with E-state index in [1.54, 1.807) is 26.0 Å². The highest BCUT2D eigenvalue weighted by Gasteiger charge is 2.17. The summed E-state index contributed by atoms with van der Waals surface area (Å²) < 4.78 is 0. The highest BCUT2D eigenvalue weighted by atomic mass is 32.2. The Bertz CT molecular complexity index is 1080. The Morgan fingerprint density at radius 1 is 1.10 bits per heavy atom. The third-order valence-corrected chi connectivity index (χ3v) is 6.16. The van der Waals surface area contributed by atoms with Crippen LogP contribution in [0.1, 0.15) is 22.2 Å². The molecule has 0 aliphatic carbocycles. The van der Waals surface area contributed by atoms with Crippen LogP contribution < -0.4 is 10.6 Å². The molecule has 0 saturated carbocycles. The summed E-state index contributed by atoms with van der Waals surface area (Å²) in [6.07, 6.45) is 0. The number of nitrogens with zero attached hydrogens (tertiary/aromatic N) is 1. The molecule has 2 N–H and O–H groups in total. The Morgan fingerprint density at radius 3 is 2.57 bits per heavy atom. The zero-order chi connectivity index (χ0) is 21.7. The number of hydrogen-bond donors (Lipinski definition) is 2. The summed E-state index contributed by atoms with van der Waals surface area (Å²) in [6.45, 7) is 3.48. The van der Waals surface area contributed by atoms with Gasteiger partial charge in [-0.3, -0.25) is 19.7 Å². The van der Waals surface area contributed by atoms with Gasteiger partial charge in [0.15, 0.2) is 0 Å². The van der Waals surface area contributed by atoms with Gasteiger partial charge >= 0.3 is 0 Å². The molecule has 0 spiro atoms. The van der Waals surface area contributed by atoms with Gasteiger partial charge in [-0.25, -0.2) is 0 Å². The normalized spacial score (nSPS) is 11.5. The molecule has 30 heavy (non-hydrogen) atoms. The number of thioether (sulfide) groups is 1. The smallest absolute Gasteiger partial charge is 0.269 e. The van der Waals surface area contributed by atoms with Crippen LogP contribution in [-0.2, 0) is 4.79 Å². The maximum atomic E-state index is 12.6. The minimum atomic E-state index is -0.471. The van der Waals surface area contributed by atoms with Crippen molar-refractivity contribution in [2.45, 2.75) is 24.0 Å². The molecule has 3 rings (SSSR count). The van der Waals surface area contributed by atoms with E-state index in [0.717, 1.165) is 4.90 Å². The predicted molar refractivity (Wildman–Crippen MR) is 120 cm³/mol. The lowest BCUT2D eigenvalue weighted by molar-refractivity contribution is -0.384. The van der Waals surface area contributed by atoms with E-state index in [9.17, 15) is 19.7 Å². The van der Waals surface area contributed by atoms with Gasteiger partial charge in [-0.1, -0.05) is 12.1 Å². The summed E-state index contributed by atoms with van der Waals surface area (Å²) in [5.74, 6) is -0.392. The van der Waals surface area contributed by atoms with E-state index in [1.807, 2.05) is 29.6 Å². The average Bonchev–Trinajstić information content (AvgIpc) is 3.24. The molecule has 0 aliphatic heterocycles. The van der Waals surface area contributed by atoms with Crippen molar-refractivity contribution in [2.24, 2.45) is 0 Å². The molecule has 9 heteroatoms. The highest BCUT2D eigenvalue weighted by Crippen LogP contribution is 2.28. The second-order valence-corrected chi connectivity index (χ2v) is 8.83. The van der Waals surface area contributed by atoms with Crippen LogP contribution in [-0.4, -0.2) is 22.0 Å². The summed E-state index contributed by atoms with van der Waals surface area (Å²) in [7, 11) is 0. The van der Waals surface area contributed by atoms with Gasteiger partial charge in [-0.2, -0.15) is 0 Å². The molecule has 0 radical (unpaired) electrons. The molecular formula is C21H19N3O4S2. The SMILES string of the molecule is Cc1cc([N+](=O)[O-])ccc1NC(=O)C(C)Sc1cccc(NC(=O)c2cccs2)c1. The summed E-state index contributed by atoms with van der Waals surface area (Å²) in [6, 6.07) is 15.2. The quantitative estimate of drug-likeness (QED) is 0.293. The minimum absolute atomic E-state index is 0.0191. The standard InChI is InChI=1S/C21H19N3O4S2/c1-13-11-16(24(27)28)8-9-18(13)23-20(25)14(2)30-17-6-3-5-15(12-17)22-21(26)19-7-4-10-29-19/h3-12,14H,1-2H3,(H,22,26)(H,23,25). The van der Waals surface area contributed by atoms with Gasteiger partial charge in [0, 0.05) is 28.4 Å². The third-order valence-electron chi connectivity index (χ3n) is 4.20. The van der Waals surface area contributed by atoms with Crippen molar-refractivity contribution >= 4 is 52.0 Å². The topological polar surface area (TPSA) is 101 Å². The van der Waals surface area contributed by atoms with Crippen molar-refractivity contribution in [1.29, 1.82) is 0 Å². The van der Waals surface area contributed by atoms with Crippen molar-refractivity contribution in [2.75, 3.05) is 10.6 Å². The zero-order valence-electron chi connectivity index (χ0n) is 16.2. The number of anilines is 2. The molecule has 1 aromatic heterocycles. The van der Waals surface area contributed by atoms with Gasteiger partial charge in [0.2, 0.25) is 5.91 Å². The fourth-order valence-corrected chi connectivity index (χ4v) is 4.19. The Labute approximate surface area is 181 Å². The minimum Gasteiger partial charge on any atom is -0.325 e. The summed E-state index contributed by atoms with van der Waals surface area (Å²) in [5, 5.41) is 17.9. The molecule has 154 valence electrons. The van der Waals surface area contributed by atoms with Crippen molar-refractivity contribution in [1.82, 2.24) is 0 Å². The van der Waals surface area contributed by atoms with Crippen LogP contribution >= 0.6 is 23.1 Å². The van der Waals surface area contributed by atoms with E-state index < -0.39 is 10.2 Å². The van der Waals surface area contributed by atoms with Gasteiger partial charge in [0.25, 0.3) is 11.6 Å². The average molecular weight is 442 g/mol. The molecule has 0 aliphatic rings. The fraction of sp³-hybridized carbons (Fsp3) is 0.143. The lowest BCUT2D eigenvalue weighted by atomic mass is 10.2. The number of rotatable bonds is 7. The maximum Gasteiger partial charge on any atom is 0.269 e. The van der Waals surface area contributed by atoms with E-state index in [-0.39, 0.29) is 17.5 Å². The summed E-state index contributed by atoms with van der Waals surface area (Å²) in [4.78, 5) is 36.6. The first-order chi connectivity index (χ1) is 14.3. The number of amides is 2. The first-order valence-corrected chi connectivity index (χ1v) is 10.8. The van der Waals surface area contributed by atoms with Crippen LogP contribution in [0.15, 0.2) is 64.9 Å². The van der Waals surface area contributed by atoms with Crippen LogP contribution in [0.3, 0.4) is 0 Å². The lowest BCUT2D eigenvalue weighted by Gasteiger charge is -2.14. The van der Waals surface area contributed by atoms with Crippen molar-refractivity contribution < 1.29 is 14.5 Å². The van der Waals surface area contributed by atoms with Crippen LogP contribution in [0.2, 0.25) is 0 Å². The van der Waals surface area contributed by atoms with Crippen LogP contribution in [0, 0.1) is 17.0 Å². The molecule has 0 bridgehead atoms. The van der Waals surface area contributed by atoms with Gasteiger partial charge in [-0.15, -0.1) is 23.1 Å². The summed E-state index contributed by atoms with van der Waals surface area (Å²) in [5.41, 5.74) is 1.79. The van der Waals surface area contributed by atoms with Gasteiger partial charge in [0.1, 0.15) is 0 Å². The Kier molecular flexibility index (Phi) is 6.86. The first-order valence-electron chi connectivity index (χ1n) is 9.01. The summed E-state index contributed by atoms with van der Waals surface area (Å²) >= 11 is 2.72. The molecule has 7 nitrogen and oxygen atoms in total. The number of nitro groups is 1. The molecule has 1 atom stereocenters. The van der Waals surface area contributed by atoms with E-state index in [0.29, 0.717) is 21.8 Å². The highest BCUT2D eigenvalue weighted by molar-refractivity contribution is 8.00. The molecule has 0 fully saturated rings. The largest absolute Gasteiger partial charge is 0.325 e. The monoisotopic (exact) mass is 441 g/mol. The number of nitrogens with one attached hydrogen (secondary N) is 2. The lowest BCUT2D eigenvalue weighted by Crippen LogP contribution is -2.22. The number of benzene rings is 2. The molecule has 1 heterocycles. The molecule has 3 aromatic rings. The molecule has 2 aromatic carbocycles. The second kappa shape index (κ2) is 9.55. The fourth-order valence-electron chi connectivity index (χ4n) is 2.64. The number of hydrogen-bond acceptors (Lipinski definition) is 6. The number of aryl methyl sites for hydroxylation is 1. The van der Waals surface area contributed by atoms with E-state index >= 15 is 0 Å². The molecular weight excluding hydrogens is 422 g/mol. The van der Waals surface area contributed by atoms with Crippen LogP contribution in [0.4, 0.5) is 17.1 Å². The van der Waals surface area contributed by atoms with Crippen LogP contribution in [0.25, 0.3) is 0 Å². The third kappa shape index (κ3) is 5.46. The Morgan fingerprint density at radius 2 is 1.90 bits per heavy atom. The van der Waals surface area contributed by atoms with E-state index in [4.69, 9.17) is 0 Å².